The Morgan fingerprint density at radius 2 is 2.23 bits per heavy atom. The molecule has 140 valence electrons. The van der Waals surface area contributed by atoms with E-state index in [4.69, 9.17) is 0 Å². The molecule has 1 amide bonds. The third kappa shape index (κ3) is 4.33. The molecule has 1 aliphatic rings. The number of thioether (sulfide) groups is 1. The molecule has 0 saturated heterocycles. The lowest BCUT2D eigenvalue weighted by Gasteiger charge is -2.23. The number of thiazole rings is 1. The van der Waals surface area contributed by atoms with Gasteiger partial charge >= 0.3 is 0 Å². The number of H-pyrrole nitrogens is 1. The standard InChI is InChI=1S/C17H23N5O2S2/c1-4-22-8-7-12-13(9-22)26-17(19-12)20-14(23)6-5-11-10(2)18-16(25-3)21-15(11)24/h4-9H2,1-3H3,(H,18,21,24)(H,19,20,23). The number of hydrogen-bond donors (Lipinski definition) is 2. The highest BCUT2D eigenvalue weighted by Crippen LogP contribution is 2.28. The van der Waals surface area contributed by atoms with Crippen molar-refractivity contribution in [2.24, 2.45) is 0 Å². The maximum absolute atomic E-state index is 12.3. The third-order valence-electron chi connectivity index (χ3n) is 4.50. The zero-order chi connectivity index (χ0) is 18.7. The molecule has 0 saturated carbocycles. The molecule has 3 heterocycles. The molecule has 0 spiro atoms. The number of nitrogens with one attached hydrogen (secondary N) is 2. The Morgan fingerprint density at radius 1 is 1.42 bits per heavy atom. The van der Waals surface area contributed by atoms with E-state index in [-0.39, 0.29) is 17.9 Å². The summed E-state index contributed by atoms with van der Waals surface area (Å²) < 4.78 is 0. The number of anilines is 1. The number of nitrogens with zero attached hydrogens (tertiary/aromatic N) is 3. The minimum absolute atomic E-state index is 0.129. The van der Waals surface area contributed by atoms with Crippen LogP contribution in [0.25, 0.3) is 0 Å². The first-order valence-electron chi connectivity index (χ1n) is 8.64. The fourth-order valence-electron chi connectivity index (χ4n) is 2.97. The monoisotopic (exact) mass is 393 g/mol. The summed E-state index contributed by atoms with van der Waals surface area (Å²) in [6, 6.07) is 0. The number of carbonyl (C=O) groups excluding carboxylic acids is 1. The molecule has 7 nitrogen and oxygen atoms in total. The molecule has 0 aromatic carbocycles. The van der Waals surface area contributed by atoms with Crippen LogP contribution in [0, 0.1) is 6.92 Å². The second-order valence-electron chi connectivity index (χ2n) is 6.20. The van der Waals surface area contributed by atoms with Crippen molar-refractivity contribution in [3.05, 3.63) is 32.2 Å². The Kier molecular flexibility index (Phi) is 6.10. The average molecular weight is 394 g/mol. The van der Waals surface area contributed by atoms with Gasteiger partial charge in [0, 0.05) is 42.1 Å². The van der Waals surface area contributed by atoms with Gasteiger partial charge < -0.3 is 10.3 Å². The van der Waals surface area contributed by atoms with Gasteiger partial charge in [0.15, 0.2) is 10.3 Å². The summed E-state index contributed by atoms with van der Waals surface area (Å²) in [5.41, 5.74) is 2.17. The lowest BCUT2D eigenvalue weighted by molar-refractivity contribution is -0.116. The molecule has 0 atom stereocenters. The van der Waals surface area contributed by atoms with Gasteiger partial charge in [0.2, 0.25) is 5.91 Å². The predicted octanol–water partition coefficient (Wildman–Crippen LogP) is 2.21. The molecular weight excluding hydrogens is 370 g/mol. The van der Waals surface area contributed by atoms with Crippen molar-refractivity contribution < 1.29 is 4.79 Å². The first-order chi connectivity index (χ1) is 12.5. The highest BCUT2D eigenvalue weighted by Gasteiger charge is 2.20. The Hall–Kier alpha value is -1.71. The van der Waals surface area contributed by atoms with Crippen LogP contribution >= 0.6 is 23.1 Å². The molecule has 0 unspecified atom stereocenters. The minimum atomic E-state index is -0.168. The van der Waals surface area contributed by atoms with E-state index in [0.717, 1.165) is 31.7 Å². The first kappa shape index (κ1) is 19.1. The number of rotatable bonds is 6. The summed E-state index contributed by atoms with van der Waals surface area (Å²) in [6.07, 6.45) is 3.38. The van der Waals surface area contributed by atoms with Gasteiger partial charge in [-0.2, -0.15) is 0 Å². The van der Waals surface area contributed by atoms with Crippen LogP contribution in [0.15, 0.2) is 9.95 Å². The maximum Gasteiger partial charge on any atom is 0.254 e. The van der Waals surface area contributed by atoms with Gasteiger partial charge in [-0.3, -0.25) is 14.5 Å². The molecule has 9 heteroatoms. The molecule has 2 aromatic heterocycles. The average Bonchev–Trinajstić information content (AvgIpc) is 3.01. The van der Waals surface area contributed by atoms with Gasteiger partial charge in [0.25, 0.3) is 5.56 Å². The fourth-order valence-corrected chi connectivity index (χ4v) is 4.46. The van der Waals surface area contributed by atoms with Crippen LogP contribution in [0.4, 0.5) is 5.13 Å². The van der Waals surface area contributed by atoms with E-state index in [0.29, 0.717) is 28.0 Å². The van der Waals surface area contributed by atoms with E-state index >= 15 is 0 Å². The number of aryl methyl sites for hydroxylation is 1. The number of aromatic nitrogens is 3. The van der Waals surface area contributed by atoms with Crippen LogP contribution in [-0.2, 0) is 24.2 Å². The van der Waals surface area contributed by atoms with Crippen LogP contribution in [-0.4, -0.2) is 45.1 Å². The van der Waals surface area contributed by atoms with Crippen molar-refractivity contribution in [1.29, 1.82) is 0 Å². The van der Waals surface area contributed by atoms with Crippen LogP contribution in [0.5, 0.6) is 0 Å². The third-order valence-corrected chi connectivity index (χ3v) is 6.08. The molecule has 2 N–H and O–H groups in total. The first-order valence-corrected chi connectivity index (χ1v) is 10.7. The quantitative estimate of drug-likeness (QED) is 0.578. The Morgan fingerprint density at radius 3 is 2.92 bits per heavy atom. The molecule has 26 heavy (non-hydrogen) atoms. The second kappa shape index (κ2) is 8.32. The van der Waals surface area contributed by atoms with E-state index in [1.807, 2.05) is 6.26 Å². The van der Waals surface area contributed by atoms with Crippen molar-refractivity contribution in [2.75, 3.05) is 24.7 Å². The smallest absolute Gasteiger partial charge is 0.254 e. The second-order valence-corrected chi connectivity index (χ2v) is 8.07. The van der Waals surface area contributed by atoms with Gasteiger partial charge in [0.05, 0.1) is 5.69 Å². The van der Waals surface area contributed by atoms with E-state index in [9.17, 15) is 9.59 Å². The largest absolute Gasteiger partial charge is 0.302 e. The summed E-state index contributed by atoms with van der Waals surface area (Å²) in [7, 11) is 0. The summed E-state index contributed by atoms with van der Waals surface area (Å²) in [6.45, 7) is 6.90. The highest BCUT2D eigenvalue weighted by molar-refractivity contribution is 7.98. The molecular formula is C17H23N5O2S2. The molecule has 2 aromatic rings. The maximum atomic E-state index is 12.3. The number of carbonyl (C=O) groups is 1. The normalized spacial score (nSPS) is 14.3. The van der Waals surface area contributed by atoms with Gasteiger partial charge in [0.1, 0.15) is 0 Å². The van der Waals surface area contributed by atoms with E-state index in [1.54, 1.807) is 18.3 Å². The summed E-state index contributed by atoms with van der Waals surface area (Å²) in [5, 5.41) is 4.12. The molecule has 0 aliphatic carbocycles. The van der Waals surface area contributed by atoms with E-state index < -0.39 is 0 Å². The lowest BCUT2D eigenvalue weighted by Crippen LogP contribution is -2.29. The topological polar surface area (TPSA) is 91.0 Å². The Bertz CT molecular complexity index is 861. The van der Waals surface area contributed by atoms with Crippen LogP contribution in [0.3, 0.4) is 0 Å². The van der Waals surface area contributed by atoms with E-state index in [2.05, 4.69) is 32.1 Å². The van der Waals surface area contributed by atoms with Crippen LogP contribution < -0.4 is 10.9 Å². The molecule has 1 aliphatic heterocycles. The minimum Gasteiger partial charge on any atom is -0.302 e. The Labute approximate surface area is 160 Å². The highest BCUT2D eigenvalue weighted by atomic mass is 32.2. The number of likely N-dealkylation sites (N-methyl/N-ethyl adjacent to an activating group) is 1. The van der Waals surface area contributed by atoms with Crippen LogP contribution in [0.1, 0.15) is 35.2 Å². The number of hydrogen-bond acceptors (Lipinski definition) is 7. The number of amides is 1. The zero-order valence-corrected chi connectivity index (χ0v) is 16.9. The van der Waals surface area contributed by atoms with Crippen molar-refractivity contribution >= 4 is 34.1 Å². The fraction of sp³-hybridized carbons (Fsp3) is 0.529. The van der Waals surface area contributed by atoms with Crippen molar-refractivity contribution in [2.45, 2.75) is 44.8 Å². The Balaban J connectivity index is 1.60. The summed E-state index contributed by atoms with van der Waals surface area (Å²) >= 11 is 2.94. The van der Waals surface area contributed by atoms with Crippen molar-refractivity contribution in [3.63, 3.8) is 0 Å². The SMILES string of the molecule is CCN1CCc2nc(NC(=O)CCc3c(C)nc(SC)[nH]c3=O)sc2C1. The summed E-state index contributed by atoms with van der Waals surface area (Å²) in [4.78, 5) is 39.6. The van der Waals surface area contributed by atoms with Crippen LogP contribution in [0.2, 0.25) is 0 Å². The van der Waals surface area contributed by atoms with Gasteiger partial charge in [-0.25, -0.2) is 9.97 Å². The lowest BCUT2D eigenvalue weighted by atomic mass is 10.1. The zero-order valence-electron chi connectivity index (χ0n) is 15.2. The number of fused-ring (bicyclic) bond motifs is 1. The number of aromatic amines is 1. The van der Waals surface area contributed by atoms with Gasteiger partial charge in [-0.15, -0.1) is 11.3 Å². The summed E-state index contributed by atoms with van der Waals surface area (Å²) in [5.74, 6) is -0.129. The predicted molar refractivity (Wildman–Crippen MR) is 105 cm³/mol. The van der Waals surface area contributed by atoms with Gasteiger partial charge in [-0.05, 0) is 26.1 Å². The van der Waals surface area contributed by atoms with Gasteiger partial charge in [-0.1, -0.05) is 18.7 Å². The molecule has 0 radical (unpaired) electrons. The van der Waals surface area contributed by atoms with Crippen molar-refractivity contribution in [1.82, 2.24) is 19.9 Å². The van der Waals surface area contributed by atoms with Crippen molar-refractivity contribution in [3.8, 4) is 0 Å². The molecule has 3 rings (SSSR count). The molecule has 0 fully saturated rings. The molecule has 0 bridgehead atoms. The van der Waals surface area contributed by atoms with E-state index in [1.165, 1.54) is 16.6 Å².